The summed E-state index contributed by atoms with van der Waals surface area (Å²) in [7, 11) is 1.70. The van der Waals surface area contributed by atoms with Crippen LogP contribution in [0, 0.1) is 0 Å². The van der Waals surface area contributed by atoms with Crippen LogP contribution < -0.4 is 4.74 Å². The van der Waals surface area contributed by atoms with Gasteiger partial charge in [-0.2, -0.15) is 0 Å². The lowest BCUT2D eigenvalue weighted by atomic mass is 10.1. The SMILES string of the molecule is COc1ccccc1C1CC1Cl. The molecule has 1 saturated carbocycles. The summed E-state index contributed by atoms with van der Waals surface area (Å²) in [6.07, 6.45) is 1.09. The van der Waals surface area contributed by atoms with Gasteiger partial charge in [0, 0.05) is 11.3 Å². The summed E-state index contributed by atoms with van der Waals surface area (Å²) in [5, 5.41) is 0.321. The summed E-state index contributed by atoms with van der Waals surface area (Å²) in [6, 6.07) is 8.08. The smallest absolute Gasteiger partial charge is 0.122 e. The van der Waals surface area contributed by atoms with Crippen molar-refractivity contribution in [3.05, 3.63) is 29.8 Å². The zero-order chi connectivity index (χ0) is 8.55. The van der Waals surface area contributed by atoms with Crippen molar-refractivity contribution in [2.75, 3.05) is 7.11 Å². The van der Waals surface area contributed by atoms with Crippen LogP contribution in [0.3, 0.4) is 0 Å². The number of methoxy groups -OCH3 is 1. The molecule has 0 heterocycles. The minimum atomic E-state index is 0.321. The van der Waals surface area contributed by atoms with Crippen LogP contribution in [0.2, 0.25) is 0 Å². The topological polar surface area (TPSA) is 9.23 Å². The number of rotatable bonds is 2. The Bertz CT molecular complexity index is 285. The second kappa shape index (κ2) is 2.98. The van der Waals surface area contributed by atoms with E-state index in [0.29, 0.717) is 11.3 Å². The van der Waals surface area contributed by atoms with Crippen LogP contribution in [0.15, 0.2) is 24.3 Å². The average molecular weight is 183 g/mol. The van der Waals surface area contributed by atoms with E-state index in [4.69, 9.17) is 16.3 Å². The van der Waals surface area contributed by atoms with Crippen molar-refractivity contribution in [2.24, 2.45) is 0 Å². The van der Waals surface area contributed by atoms with Gasteiger partial charge in [-0.05, 0) is 18.1 Å². The van der Waals surface area contributed by atoms with E-state index in [1.54, 1.807) is 7.11 Å². The molecule has 12 heavy (non-hydrogen) atoms. The summed E-state index contributed by atoms with van der Waals surface area (Å²) in [4.78, 5) is 0. The zero-order valence-corrected chi connectivity index (χ0v) is 7.71. The molecule has 1 aromatic carbocycles. The summed E-state index contributed by atoms with van der Waals surface area (Å²) >= 11 is 5.96. The van der Waals surface area contributed by atoms with E-state index in [2.05, 4.69) is 6.07 Å². The lowest BCUT2D eigenvalue weighted by molar-refractivity contribution is 0.410. The van der Waals surface area contributed by atoms with Crippen molar-refractivity contribution in [3.8, 4) is 5.75 Å². The average Bonchev–Trinajstić information content (AvgIpc) is 2.83. The summed E-state index contributed by atoms with van der Waals surface area (Å²) in [5.41, 5.74) is 1.25. The third-order valence-corrected chi connectivity index (χ3v) is 2.73. The van der Waals surface area contributed by atoms with E-state index >= 15 is 0 Å². The third kappa shape index (κ3) is 1.29. The number of hydrogen-bond acceptors (Lipinski definition) is 1. The minimum Gasteiger partial charge on any atom is -0.496 e. The van der Waals surface area contributed by atoms with Crippen molar-refractivity contribution in [3.63, 3.8) is 0 Å². The fraction of sp³-hybridized carbons (Fsp3) is 0.400. The molecule has 1 aromatic rings. The van der Waals surface area contributed by atoms with Gasteiger partial charge >= 0.3 is 0 Å². The van der Waals surface area contributed by atoms with E-state index in [9.17, 15) is 0 Å². The van der Waals surface area contributed by atoms with Crippen molar-refractivity contribution in [2.45, 2.75) is 17.7 Å². The number of benzene rings is 1. The third-order valence-electron chi connectivity index (χ3n) is 2.25. The molecule has 0 radical (unpaired) electrons. The summed E-state index contributed by atoms with van der Waals surface area (Å²) < 4.78 is 5.24. The van der Waals surface area contributed by atoms with Gasteiger partial charge in [-0.1, -0.05) is 18.2 Å². The van der Waals surface area contributed by atoms with Gasteiger partial charge in [0.25, 0.3) is 0 Å². The quantitative estimate of drug-likeness (QED) is 0.640. The lowest BCUT2D eigenvalue weighted by Gasteiger charge is -2.05. The zero-order valence-electron chi connectivity index (χ0n) is 6.96. The van der Waals surface area contributed by atoms with Crippen LogP contribution in [0.5, 0.6) is 5.75 Å². The van der Waals surface area contributed by atoms with Crippen LogP contribution in [-0.4, -0.2) is 12.5 Å². The van der Waals surface area contributed by atoms with Crippen molar-refractivity contribution < 1.29 is 4.74 Å². The maximum atomic E-state index is 5.96. The van der Waals surface area contributed by atoms with Crippen LogP contribution in [0.4, 0.5) is 0 Å². The van der Waals surface area contributed by atoms with Crippen molar-refractivity contribution >= 4 is 11.6 Å². The first kappa shape index (κ1) is 7.93. The van der Waals surface area contributed by atoms with Crippen LogP contribution in [0.1, 0.15) is 17.9 Å². The second-order valence-corrected chi connectivity index (χ2v) is 3.66. The molecule has 1 nitrogen and oxygen atoms in total. The first-order valence-corrected chi connectivity index (χ1v) is 4.53. The molecule has 64 valence electrons. The molecule has 1 fully saturated rings. The number of para-hydroxylation sites is 1. The van der Waals surface area contributed by atoms with E-state index in [0.717, 1.165) is 12.2 Å². The maximum absolute atomic E-state index is 5.96. The molecule has 0 aliphatic heterocycles. The Hall–Kier alpha value is -0.690. The van der Waals surface area contributed by atoms with Crippen molar-refractivity contribution in [1.29, 1.82) is 0 Å². The Kier molecular flexibility index (Phi) is 1.97. The number of ether oxygens (including phenoxy) is 1. The van der Waals surface area contributed by atoms with Crippen LogP contribution >= 0.6 is 11.6 Å². The fourth-order valence-electron chi connectivity index (χ4n) is 1.46. The Morgan fingerprint density at radius 3 is 2.67 bits per heavy atom. The van der Waals surface area contributed by atoms with Crippen LogP contribution in [-0.2, 0) is 0 Å². The van der Waals surface area contributed by atoms with E-state index in [1.807, 2.05) is 18.2 Å². The molecule has 0 N–H and O–H groups in total. The first-order valence-electron chi connectivity index (χ1n) is 4.10. The molecule has 2 unspecified atom stereocenters. The predicted molar refractivity (Wildman–Crippen MR) is 50.0 cm³/mol. The summed E-state index contributed by atoms with van der Waals surface area (Å²) in [6.45, 7) is 0. The lowest BCUT2D eigenvalue weighted by Crippen LogP contribution is -1.90. The number of hydrogen-bond donors (Lipinski definition) is 0. The Morgan fingerprint density at radius 2 is 2.08 bits per heavy atom. The van der Waals surface area contributed by atoms with Crippen LogP contribution in [0.25, 0.3) is 0 Å². The van der Waals surface area contributed by atoms with E-state index in [1.165, 1.54) is 5.56 Å². The molecular formula is C10H11ClO. The largest absolute Gasteiger partial charge is 0.496 e. The van der Waals surface area contributed by atoms with Gasteiger partial charge < -0.3 is 4.74 Å². The molecule has 1 aliphatic carbocycles. The highest BCUT2D eigenvalue weighted by Gasteiger charge is 2.38. The molecule has 0 saturated heterocycles. The van der Waals surface area contributed by atoms with Gasteiger partial charge in [0.15, 0.2) is 0 Å². The molecule has 2 heteroatoms. The molecule has 2 atom stereocenters. The summed E-state index contributed by atoms with van der Waals surface area (Å²) in [5.74, 6) is 1.48. The monoisotopic (exact) mass is 182 g/mol. The van der Waals surface area contributed by atoms with Gasteiger partial charge in [-0.15, -0.1) is 11.6 Å². The van der Waals surface area contributed by atoms with E-state index in [-0.39, 0.29) is 0 Å². The highest BCUT2D eigenvalue weighted by Crippen LogP contribution is 2.48. The molecule has 0 bridgehead atoms. The minimum absolute atomic E-state index is 0.321. The molecule has 0 aromatic heterocycles. The predicted octanol–water partition coefficient (Wildman–Crippen LogP) is 2.79. The molecule has 1 aliphatic rings. The highest BCUT2D eigenvalue weighted by molar-refractivity contribution is 6.23. The first-order chi connectivity index (χ1) is 5.83. The fourth-order valence-corrected chi connectivity index (χ4v) is 1.79. The molecule has 0 amide bonds. The van der Waals surface area contributed by atoms with Crippen molar-refractivity contribution in [1.82, 2.24) is 0 Å². The van der Waals surface area contributed by atoms with Gasteiger partial charge in [0.1, 0.15) is 5.75 Å². The van der Waals surface area contributed by atoms with Gasteiger partial charge in [-0.3, -0.25) is 0 Å². The van der Waals surface area contributed by atoms with Gasteiger partial charge in [0.05, 0.1) is 7.11 Å². The standard InChI is InChI=1S/C10H11ClO/c1-12-10-5-3-2-4-7(10)8-6-9(8)11/h2-5,8-9H,6H2,1H3. The normalized spacial score (nSPS) is 26.8. The molecule has 2 rings (SSSR count). The number of alkyl halides is 1. The maximum Gasteiger partial charge on any atom is 0.122 e. The Balaban J connectivity index is 2.29. The Morgan fingerprint density at radius 1 is 1.42 bits per heavy atom. The van der Waals surface area contributed by atoms with Gasteiger partial charge in [0.2, 0.25) is 0 Å². The number of halogens is 1. The highest BCUT2D eigenvalue weighted by atomic mass is 35.5. The molecular weight excluding hydrogens is 172 g/mol. The molecule has 0 spiro atoms. The van der Waals surface area contributed by atoms with Gasteiger partial charge in [-0.25, -0.2) is 0 Å². The second-order valence-electron chi connectivity index (χ2n) is 3.10. The van der Waals surface area contributed by atoms with E-state index < -0.39 is 0 Å². The Labute approximate surface area is 77.3 Å².